The molecule has 2 rings (SSSR count). The van der Waals surface area contributed by atoms with E-state index < -0.39 is 0 Å². The summed E-state index contributed by atoms with van der Waals surface area (Å²) in [7, 11) is 4.00. The van der Waals surface area contributed by atoms with Crippen LogP contribution in [0.5, 0.6) is 0 Å². The Bertz CT molecular complexity index is 535. The maximum absolute atomic E-state index is 5.53. The molecule has 0 aromatic carbocycles. The number of aliphatic imine (C=N–C) groups is 1. The number of hydrogen-bond acceptors (Lipinski definition) is 4. The highest BCUT2D eigenvalue weighted by Gasteiger charge is 2.23. The molecule has 1 saturated heterocycles. The average Bonchev–Trinajstić information content (AvgIpc) is 2.96. The van der Waals surface area contributed by atoms with E-state index >= 15 is 0 Å². The monoisotopic (exact) mass is 464 g/mol. The minimum Gasteiger partial charge on any atom is -0.379 e. The number of guanidine groups is 1. The van der Waals surface area contributed by atoms with Crippen molar-refractivity contribution in [1.29, 1.82) is 0 Å². The summed E-state index contributed by atoms with van der Waals surface area (Å²) < 4.78 is 7.36. The molecule has 0 aliphatic carbocycles. The summed E-state index contributed by atoms with van der Waals surface area (Å²) in [4.78, 5) is 9.48. The van der Waals surface area contributed by atoms with Crippen molar-refractivity contribution in [2.75, 3.05) is 39.9 Å². The molecule has 1 aliphatic heterocycles. The first-order valence-electron chi connectivity index (χ1n) is 8.81. The zero-order valence-electron chi connectivity index (χ0n) is 16.1. The van der Waals surface area contributed by atoms with Crippen molar-refractivity contribution < 1.29 is 4.74 Å². The van der Waals surface area contributed by atoms with Gasteiger partial charge in [-0.3, -0.25) is 14.6 Å². The van der Waals surface area contributed by atoms with Crippen molar-refractivity contribution >= 4 is 29.9 Å². The fraction of sp³-hybridized carbons (Fsp3) is 0.765. The van der Waals surface area contributed by atoms with Crippen LogP contribution in [-0.2, 0) is 18.3 Å². The number of ether oxygens (including phenoxy) is 1. The third kappa shape index (κ3) is 6.74. The van der Waals surface area contributed by atoms with E-state index in [-0.39, 0.29) is 24.0 Å². The molecule has 0 bridgehead atoms. The van der Waals surface area contributed by atoms with Crippen molar-refractivity contribution in [1.82, 2.24) is 24.9 Å². The van der Waals surface area contributed by atoms with Gasteiger partial charge in [0.2, 0.25) is 0 Å². The second-order valence-corrected chi connectivity index (χ2v) is 6.58. The van der Waals surface area contributed by atoms with E-state index in [1.165, 1.54) is 5.56 Å². The molecule has 144 valence electrons. The van der Waals surface area contributed by atoms with Gasteiger partial charge >= 0.3 is 0 Å². The molecular weight excluding hydrogens is 431 g/mol. The van der Waals surface area contributed by atoms with E-state index in [0.29, 0.717) is 12.1 Å². The lowest BCUT2D eigenvalue weighted by Gasteiger charge is -2.37. The Balaban J connectivity index is 0.00000312. The number of aromatic nitrogens is 2. The molecule has 2 unspecified atom stereocenters. The Labute approximate surface area is 168 Å². The van der Waals surface area contributed by atoms with E-state index in [1.54, 1.807) is 0 Å². The SMILES string of the molecule is CCNC(=NCC(C)N1CCOCC1C)N(C)Cc1cnn(C)c1.I. The van der Waals surface area contributed by atoms with Crippen LogP contribution in [-0.4, -0.2) is 77.5 Å². The molecule has 1 aliphatic rings. The van der Waals surface area contributed by atoms with Crippen LogP contribution in [0, 0.1) is 0 Å². The van der Waals surface area contributed by atoms with Crippen LogP contribution < -0.4 is 5.32 Å². The summed E-state index contributed by atoms with van der Waals surface area (Å²) in [5.41, 5.74) is 1.18. The highest BCUT2D eigenvalue weighted by atomic mass is 127. The Hall–Kier alpha value is -0.870. The molecule has 2 heterocycles. The van der Waals surface area contributed by atoms with Gasteiger partial charge < -0.3 is 15.0 Å². The summed E-state index contributed by atoms with van der Waals surface area (Å²) in [6.07, 6.45) is 3.94. The molecule has 0 amide bonds. The molecule has 0 radical (unpaired) electrons. The molecule has 1 N–H and O–H groups in total. The Morgan fingerprint density at radius 1 is 1.56 bits per heavy atom. The Morgan fingerprint density at radius 2 is 2.32 bits per heavy atom. The fourth-order valence-electron chi connectivity index (χ4n) is 3.09. The number of hydrogen-bond donors (Lipinski definition) is 1. The van der Waals surface area contributed by atoms with Crippen LogP contribution in [0.15, 0.2) is 17.4 Å². The zero-order valence-corrected chi connectivity index (χ0v) is 18.4. The zero-order chi connectivity index (χ0) is 17.5. The number of nitrogens with zero attached hydrogens (tertiary/aromatic N) is 5. The van der Waals surface area contributed by atoms with Gasteiger partial charge in [-0.1, -0.05) is 0 Å². The van der Waals surface area contributed by atoms with Gasteiger partial charge in [0, 0.05) is 57.6 Å². The van der Waals surface area contributed by atoms with Crippen LogP contribution in [0.3, 0.4) is 0 Å². The third-order valence-corrected chi connectivity index (χ3v) is 4.37. The minimum absolute atomic E-state index is 0. The van der Waals surface area contributed by atoms with Gasteiger partial charge in [-0.15, -0.1) is 24.0 Å². The number of morpholine rings is 1. The first-order chi connectivity index (χ1) is 11.5. The van der Waals surface area contributed by atoms with Gasteiger partial charge in [0.1, 0.15) is 0 Å². The van der Waals surface area contributed by atoms with Crippen molar-refractivity contribution in [3.05, 3.63) is 18.0 Å². The first kappa shape index (κ1) is 22.2. The molecule has 0 spiro atoms. The molecular formula is C17H33IN6O. The third-order valence-electron chi connectivity index (χ3n) is 4.37. The summed E-state index contributed by atoms with van der Waals surface area (Å²) in [5.74, 6) is 0.939. The predicted octanol–water partition coefficient (Wildman–Crippen LogP) is 1.54. The van der Waals surface area contributed by atoms with E-state index in [2.05, 4.69) is 48.0 Å². The molecule has 0 saturated carbocycles. The van der Waals surface area contributed by atoms with E-state index in [4.69, 9.17) is 9.73 Å². The standard InChI is InChI=1S/C17H32N6O.HI/c1-6-18-17(21(4)11-16-10-20-22(5)12-16)19-9-14(2)23-7-8-24-13-15(23)3;/h10,12,14-15H,6-9,11,13H2,1-5H3,(H,18,19);1H. The van der Waals surface area contributed by atoms with E-state index in [1.807, 2.05) is 24.1 Å². The van der Waals surface area contributed by atoms with Crippen molar-refractivity contribution in [2.24, 2.45) is 12.0 Å². The number of nitrogens with one attached hydrogen (secondary N) is 1. The van der Waals surface area contributed by atoms with E-state index in [9.17, 15) is 0 Å². The molecule has 25 heavy (non-hydrogen) atoms. The van der Waals surface area contributed by atoms with Gasteiger partial charge in [-0.25, -0.2) is 0 Å². The highest BCUT2D eigenvalue weighted by Crippen LogP contribution is 2.11. The number of aryl methyl sites for hydroxylation is 1. The Kier molecular flexibility index (Phi) is 9.73. The fourth-order valence-corrected chi connectivity index (χ4v) is 3.09. The predicted molar refractivity (Wildman–Crippen MR) is 113 cm³/mol. The molecule has 2 atom stereocenters. The maximum atomic E-state index is 5.53. The van der Waals surface area contributed by atoms with Gasteiger partial charge in [0.15, 0.2) is 5.96 Å². The van der Waals surface area contributed by atoms with Crippen LogP contribution in [0.25, 0.3) is 0 Å². The van der Waals surface area contributed by atoms with E-state index in [0.717, 1.165) is 45.4 Å². The highest BCUT2D eigenvalue weighted by molar-refractivity contribution is 14.0. The quantitative estimate of drug-likeness (QED) is 0.394. The number of rotatable bonds is 6. The summed E-state index contributed by atoms with van der Waals surface area (Å²) in [5, 5.41) is 7.61. The van der Waals surface area contributed by atoms with Crippen molar-refractivity contribution in [2.45, 2.75) is 39.4 Å². The average molecular weight is 464 g/mol. The van der Waals surface area contributed by atoms with Gasteiger partial charge in [-0.2, -0.15) is 5.10 Å². The van der Waals surface area contributed by atoms with Crippen LogP contribution in [0.1, 0.15) is 26.3 Å². The van der Waals surface area contributed by atoms with Crippen LogP contribution in [0.2, 0.25) is 0 Å². The normalized spacial score (nSPS) is 20.0. The maximum Gasteiger partial charge on any atom is 0.194 e. The van der Waals surface area contributed by atoms with Crippen molar-refractivity contribution in [3.63, 3.8) is 0 Å². The van der Waals surface area contributed by atoms with Crippen LogP contribution in [0.4, 0.5) is 0 Å². The topological polar surface area (TPSA) is 57.9 Å². The summed E-state index contributed by atoms with van der Waals surface area (Å²) >= 11 is 0. The first-order valence-corrected chi connectivity index (χ1v) is 8.81. The van der Waals surface area contributed by atoms with Gasteiger partial charge in [0.25, 0.3) is 0 Å². The molecule has 8 heteroatoms. The Morgan fingerprint density at radius 3 is 2.92 bits per heavy atom. The summed E-state index contributed by atoms with van der Waals surface area (Å²) in [6, 6.07) is 0.865. The van der Waals surface area contributed by atoms with Gasteiger partial charge in [0.05, 0.1) is 26.0 Å². The molecule has 7 nitrogen and oxygen atoms in total. The minimum atomic E-state index is 0. The largest absolute Gasteiger partial charge is 0.379 e. The molecule has 1 aromatic rings. The summed E-state index contributed by atoms with van der Waals surface area (Å²) in [6.45, 7) is 11.6. The lowest BCUT2D eigenvalue weighted by atomic mass is 10.2. The van der Waals surface area contributed by atoms with Crippen molar-refractivity contribution in [3.8, 4) is 0 Å². The smallest absolute Gasteiger partial charge is 0.194 e. The van der Waals surface area contributed by atoms with Crippen LogP contribution >= 0.6 is 24.0 Å². The second-order valence-electron chi connectivity index (χ2n) is 6.58. The number of halogens is 1. The lowest BCUT2D eigenvalue weighted by Crippen LogP contribution is -2.49. The second kappa shape index (κ2) is 11.0. The van der Waals surface area contributed by atoms with Gasteiger partial charge in [-0.05, 0) is 20.8 Å². The molecule has 1 aromatic heterocycles. The lowest BCUT2D eigenvalue weighted by molar-refractivity contribution is -0.0166. The molecule has 1 fully saturated rings.